The van der Waals surface area contributed by atoms with Gasteiger partial charge in [0.1, 0.15) is 28.4 Å². The first-order valence-electron chi connectivity index (χ1n) is 13.5. The summed E-state index contributed by atoms with van der Waals surface area (Å²) in [7, 11) is -5.15. The number of carbonyl (C=O) groups excluding carboxylic acids is 1. The number of pyridine rings is 1. The number of furan rings is 1. The number of halogens is 2. The van der Waals surface area contributed by atoms with Crippen molar-refractivity contribution in [3.8, 4) is 34.0 Å². The molecule has 11 nitrogen and oxygen atoms in total. The first-order chi connectivity index (χ1) is 21.7. The molecule has 6 rings (SSSR count). The van der Waals surface area contributed by atoms with Crippen molar-refractivity contribution in [1.82, 2.24) is 15.3 Å². The number of hydrogen-bond acceptors (Lipinski definition) is 9. The molecule has 0 aliphatic heterocycles. The highest BCUT2D eigenvalue weighted by molar-refractivity contribution is 7.92. The number of para-hydroxylation sites is 1. The Balaban J connectivity index is 1.69. The van der Waals surface area contributed by atoms with Crippen LogP contribution in [0.3, 0.4) is 0 Å². The number of sulfone groups is 1. The number of hydrogen-bond donors (Lipinski definition) is 1. The van der Waals surface area contributed by atoms with E-state index in [9.17, 15) is 30.4 Å². The maximum Gasteiger partial charge on any atom is 0.255 e. The van der Waals surface area contributed by atoms with Gasteiger partial charge in [0.2, 0.25) is 15.9 Å². The largest absolute Gasteiger partial charge is 0.455 e. The smallest absolute Gasteiger partial charge is 0.255 e. The Bertz CT molecular complexity index is 2420. The molecule has 0 saturated carbocycles. The molecular weight excluding hydrogens is 642 g/mol. The molecule has 3 aromatic carbocycles. The van der Waals surface area contributed by atoms with Gasteiger partial charge in [-0.25, -0.2) is 35.6 Å². The zero-order chi connectivity index (χ0) is 33.1. The fourth-order valence-corrected chi connectivity index (χ4v) is 6.06. The highest BCUT2D eigenvalue weighted by Gasteiger charge is 2.27. The van der Waals surface area contributed by atoms with E-state index in [4.69, 9.17) is 8.83 Å². The van der Waals surface area contributed by atoms with Crippen LogP contribution in [0.25, 0.3) is 56.1 Å². The first-order valence-corrected chi connectivity index (χ1v) is 17.2. The standard InChI is InChI=1S/C31H24F2N4O7S2/c1-34-30(38)27-20-14-19(23(37(2)46(4,41)42)15-25(20)43-29(27)16-8-10-18(32)11-9-16)17-12-22(35-26(13-17)45(3,39)40)31-36-28-21(33)6-5-7-24(28)44-31/h5-15H,1-4H3,(H,34,38). The summed E-state index contributed by atoms with van der Waals surface area (Å²) in [5, 5.41) is 2.41. The lowest BCUT2D eigenvalue weighted by Crippen LogP contribution is -2.25. The number of fused-ring (bicyclic) bond motifs is 2. The van der Waals surface area contributed by atoms with Gasteiger partial charge in [-0.2, -0.15) is 0 Å². The van der Waals surface area contributed by atoms with Gasteiger partial charge in [-0.15, -0.1) is 0 Å². The van der Waals surface area contributed by atoms with Crippen LogP contribution >= 0.6 is 0 Å². The van der Waals surface area contributed by atoms with Crippen molar-refractivity contribution in [1.29, 1.82) is 0 Å². The molecule has 0 fully saturated rings. The Hall–Kier alpha value is -5.15. The summed E-state index contributed by atoms with van der Waals surface area (Å²) in [6.07, 6.45) is 1.92. The topological polar surface area (TPSA) is 153 Å². The summed E-state index contributed by atoms with van der Waals surface area (Å²) in [5.41, 5.74) is 0.913. The molecule has 3 heterocycles. The van der Waals surface area contributed by atoms with Crippen LogP contribution in [0, 0.1) is 11.6 Å². The number of sulfonamides is 1. The van der Waals surface area contributed by atoms with E-state index in [1.807, 2.05) is 0 Å². The van der Waals surface area contributed by atoms with Crippen molar-refractivity contribution in [2.75, 3.05) is 30.9 Å². The van der Waals surface area contributed by atoms with Crippen molar-refractivity contribution < 1.29 is 39.2 Å². The lowest BCUT2D eigenvalue weighted by molar-refractivity contribution is 0.0964. The molecule has 0 aliphatic rings. The zero-order valence-electron chi connectivity index (χ0n) is 24.6. The van der Waals surface area contributed by atoms with E-state index < -0.39 is 42.4 Å². The number of anilines is 1. The number of aromatic nitrogens is 2. The van der Waals surface area contributed by atoms with Gasteiger partial charge in [-0.3, -0.25) is 9.10 Å². The molecule has 1 N–H and O–H groups in total. The molecule has 0 unspecified atom stereocenters. The number of carbonyl (C=O) groups is 1. The van der Waals surface area contributed by atoms with Crippen LogP contribution in [0.15, 0.2) is 80.6 Å². The fraction of sp³-hybridized carbons (Fsp3) is 0.129. The maximum absolute atomic E-state index is 14.4. The molecule has 1 amide bonds. The molecule has 15 heteroatoms. The molecule has 0 spiro atoms. The molecule has 3 aromatic heterocycles. The van der Waals surface area contributed by atoms with Gasteiger partial charge in [-0.05, 0) is 60.2 Å². The molecular formula is C31H24F2N4O7S2. The van der Waals surface area contributed by atoms with E-state index in [1.54, 1.807) is 0 Å². The van der Waals surface area contributed by atoms with Crippen LogP contribution in [0.2, 0.25) is 0 Å². The second-order valence-electron chi connectivity index (χ2n) is 10.4. The van der Waals surface area contributed by atoms with E-state index in [0.717, 1.165) is 16.8 Å². The van der Waals surface area contributed by atoms with Gasteiger partial charge in [-0.1, -0.05) is 6.07 Å². The Morgan fingerprint density at radius 3 is 2.22 bits per heavy atom. The number of rotatable bonds is 7. The number of oxazole rings is 1. The second-order valence-corrected chi connectivity index (χ2v) is 14.4. The predicted octanol–water partition coefficient (Wildman–Crippen LogP) is 5.41. The highest BCUT2D eigenvalue weighted by Crippen LogP contribution is 2.42. The SMILES string of the molecule is CNC(=O)c1c(-c2ccc(F)cc2)oc2cc(N(C)S(C)(=O)=O)c(-c3cc(-c4nc5c(F)cccc5o4)nc(S(C)(=O)=O)c3)cc12. The van der Waals surface area contributed by atoms with Crippen molar-refractivity contribution in [2.45, 2.75) is 5.03 Å². The van der Waals surface area contributed by atoms with Gasteiger partial charge in [0, 0.05) is 42.9 Å². The van der Waals surface area contributed by atoms with E-state index >= 15 is 0 Å². The molecule has 0 aliphatic carbocycles. The normalized spacial score (nSPS) is 12.1. The van der Waals surface area contributed by atoms with Crippen LogP contribution in [0.4, 0.5) is 14.5 Å². The maximum atomic E-state index is 14.4. The molecule has 236 valence electrons. The van der Waals surface area contributed by atoms with Gasteiger partial charge in [0.15, 0.2) is 26.3 Å². The van der Waals surface area contributed by atoms with Crippen molar-refractivity contribution >= 4 is 53.5 Å². The van der Waals surface area contributed by atoms with Crippen molar-refractivity contribution in [2.24, 2.45) is 0 Å². The Morgan fingerprint density at radius 2 is 1.59 bits per heavy atom. The minimum absolute atomic E-state index is 0.0677. The lowest BCUT2D eigenvalue weighted by Gasteiger charge is -2.21. The van der Waals surface area contributed by atoms with E-state index in [1.165, 1.54) is 80.8 Å². The molecule has 0 radical (unpaired) electrons. The van der Waals surface area contributed by atoms with Crippen LogP contribution in [0.5, 0.6) is 0 Å². The van der Waals surface area contributed by atoms with Crippen LogP contribution < -0.4 is 9.62 Å². The van der Waals surface area contributed by atoms with Gasteiger partial charge in [0.05, 0.1) is 17.5 Å². The zero-order valence-corrected chi connectivity index (χ0v) is 26.3. The monoisotopic (exact) mass is 666 g/mol. The average Bonchev–Trinajstić information content (AvgIpc) is 3.61. The Labute approximate surface area is 261 Å². The Morgan fingerprint density at radius 1 is 0.870 bits per heavy atom. The van der Waals surface area contributed by atoms with Crippen molar-refractivity contribution in [3.63, 3.8) is 0 Å². The van der Waals surface area contributed by atoms with Gasteiger partial charge < -0.3 is 14.2 Å². The van der Waals surface area contributed by atoms with Crippen LogP contribution in [-0.2, 0) is 19.9 Å². The molecule has 0 atom stereocenters. The van der Waals surface area contributed by atoms with Gasteiger partial charge >= 0.3 is 0 Å². The minimum atomic E-state index is -3.97. The summed E-state index contributed by atoms with van der Waals surface area (Å²) < 4.78 is 92.2. The third kappa shape index (κ3) is 5.47. The molecule has 46 heavy (non-hydrogen) atoms. The number of nitrogens with one attached hydrogen (secondary N) is 1. The number of benzene rings is 3. The summed E-state index contributed by atoms with van der Waals surface area (Å²) in [5.74, 6) is -1.79. The summed E-state index contributed by atoms with van der Waals surface area (Å²) in [4.78, 5) is 21.6. The third-order valence-electron chi connectivity index (χ3n) is 7.29. The minimum Gasteiger partial charge on any atom is -0.455 e. The van der Waals surface area contributed by atoms with Gasteiger partial charge in [0.25, 0.3) is 5.91 Å². The second kappa shape index (κ2) is 11.0. The molecule has 6 aromatic rings. The number of nitrogens with zero attached hydrogens (tertiary/aromatic N) is 3. The van der Waals surface area contributed by atoms with E-state index in [0.29, 0.717) is 5.56 Å². The third-order valence-corrected chi connectivity index (χ3v) is 9.45. The fourth-order valence-electron chi connectivity index (χ4n) is 4.94. The van der Waals surface area contributed by atoms with E-state index in [2.05, 4.69) is 15.3 Å². The summed E-state index contributed by atoms with van der Waals surface area (Å²) in [6.45, 7) is 0. The molecule has 0 bridgehead atoms. The van der Waals surface area contributed by atoms with Crippen molar-refractivity contribution in [3.05, 3.63) is 83.9 Å². The predicted molar refractivity (Wildman–Crippen MR) is 168 cm³/mol. The quantitative estimate of drug-likeness (QED) is 0.236. The first kappa shape index (κ1) is 30.9. The summed E-state index contributed by atoms with van der Waals surface area (Å²) in [6, 6.07) is 14.9. The molecule has 0 saturated heterocycles. The summed E-state index contributed by atoms with van der Waals surface area (Å²) >= 11 is 0. The van der Waals surface area contributed by atoms with E-state index in [-0.39, 0.29) is 61.8 Å². The number of amides is 1. The highest BCUT2D eigenvalue weighted by atomic mass is 32.2. The van der Waals surface area contributed by atoms with Crippen LogP contribution in [0.1, 0.15) is 10.4 Å². The lowest BCUT2D eigenvalue weighted by atomic mass is 9.98. The Kier molecular flexibility index (Phi) is 7.40. The van der Waals surface area contributed by atoms with Crippen LogP contribution in [-0.4, -0.2) is 59.3 Å². The average molecular weight is 667 g/mol.